The van der Waals surface area contributed by atoms with Crippen molar-refractivity contribution in [1.29, 1.82) is 0 Å². The van der Waals surface area contributed by atoms with Gasteiger partial charge in [-0.05, 0) is 42.5 Å². The topological polar surface area (TPSA) is 41.6 Å². The third-order valence-corrected chi connectivity index (χ3v) is 4.14. The van der Waals surface area contributed by atoms with E-state index >= 15 is 0 Å². The van der Waals surface area contributed by atoms with Crippen LogP contribution in [-0.2, 0) is 24.2 Å². The number of benzene rings is 1. The normalized spacial score (nSPS) is 17.5. The summed E-state index contributed by atoms with van der Waals surface area (Å²) in [7, 11) is 1.45. The molecule has 1 aromatic rings. The minimum Gasteiger partial charge on any atom is -0.453 e. The molecular formula is C17H26N2O2. The first kappa shape index (κ1) is 15.8. The van der Waals surface area contributed by atoms with E-state index in [4.69, 9.17) is 4.74 Å². The van der Waals surface area contributed by atoms with Gasteiger partial charge in [-0.2, -0.15) is 0 Å². The van der Waals surface area contributed by atoms with Gasteiger partial charge in [0.2, 0.25) is 0 Å². The molecule has 0 saturated carbocycles. The van der Waals surface area contributed by atoms with Crippen LogP contribution in [-0.4, -0.2) is 30.7 Å². The molecule has 1 aromatic carbocycles. The highest BCUT2D eigenvalue weighted by atomic mass is 16.5. The van der Waals surface area contributed by atoms with Gasteiger partial charge in [0.1, 0.15) is 0 Å². The third kappa shape index (κ3) is 3.76. The van der Waals surface area contributed by atoms with Gasteiger partial charge in [-0.25, -0.2) is 4.79 Å². The van der Waals surface area contributed by atoms with E-state index in [1.54, 1.807) is 0 Å². The number of hydrogen-bond donors (Lipinski definition) is 1. The van der Waals surface area contributed by atoms with Gasteiger partial charge in [-0.15, -0.1) is 0 Å². The van der Waals surface area contributed by atoms with Gasteiger partial charge in [0.05, 0.1) is 7.11 Å². The van der Waals surface area contributed by atoms with Crippen molar-refractivity contribution in [3.05, 3.63) is 34.9 Å². The summed E-state index contributed by atoms with van der Waals surface area (Å²) in [5, 5.41) is 3.43. The number of hydrogen-bond acceptors (Lipinski definition) is 3. The fraction of sp³-hybridized carbons (Fsp3) is 0.588. The number of carbonyl (C=O) groups is 1. The molecule has 4 nitrogen and oxygen atoms in total. The summed E-state index contributed by atoms with van der Waals surface area (Å²) in [6, 6.07) is 6.84. The first-order valence-corrected chi connectivity index (χ1v) is 7.85. The van der Waals surface area contributed by atoms with Crippen LogP contribution in [0.1, 0.15) is 43.4 Å². The molecule has 21 heavy (non-hydrogen) atoms. The molecule has 0 saturated heterocycles. The number of nitrogens with one attached hydrogen (secondary N) is 1. The van der Waals surface area contributed by atoms with Gasteiger partial charge in [0.25, 0.3) is 0 Å². The highest BCUT2D eigenvalue weighted by Crippen LogP contribution is 2.26. The molecule has 1 aliphatic heterocycles. The summed E-state index contributed by atoms with van der Waals surface area (Å²) in [4.78, 5) is 13.7. The zero-order valence-electron chi connectivity index (χ0n) is 13.3. The predicted octanol–water partition coefficient (Wildman–Crippen LogP) is 3.09. The molecule has 1 unspecified atom stereocenters. The Bertz CT molecular complexity index is 488. The summed E-state index contributed by atoms with van der Waals surface area (Å²) in [5.41, 5.74) is 3.94. The second kappa shape index (κ2) is 7.46. The number of methoxy groups -OCH3 is 1. The first-order valence-electron chi connectivity index (χ1n) is 7.85. The first-order chi connectivity index (χ1) is 10.2. The summed E-state index contributed by atoms with van der Waals surface area (Å²) >= 11 is 0. The van der Waals surface area contributed by atoms with Crippen molar-refractivity contribution in [3.8, 4) is 0 Å². The second-order valence-corrected chi connectivity index (χ2v) is 5.64. The van der Waals surface area contributed by atoms with Gasteiger partial charge in [-0.3, -0.25) is 0 Å². The van der Waals surface area contributed by atoms with Crippen LogP contribution in [0.25, 0.3) is 0 Å². The molecule has 1 atom stereocenters. The van der Waals surface area contributed by atoms with E-state index < -0.39 is 0 Å². The van der Waals surface area contributed by atoms with Gasteiger partial charge in [-0.1, -0.05) is 32.0 Å². The van der Waals surface area contributed by atoms with E-state index in [1.807, 2.05) is 4.90 Å². The van der Waals surface area contributed by atoms with E-state index in [9.17, 15) is 4.79 Å². The molecule has 1 N–H and O–H groups in total. The van der Waals surface area contributed by atoms with Crippen molar-refractivity contribution >= 4 is 6.09 Å². The maximum Gasteiger partial charge on any atom is 0.410 e. The molecule has 4 heteroatoms. The van der Waals surface area contributed by atoms with E-state index in [0.29, 0.717) is 6.54 Å². The molecule has 0 spiro atoms. The number of ether oxygens (including phenoxy) is 1. The minimum atomic E-state index is -0.221. The van der Waals surface area contributed by atoms with Gasteiger partial charge in [0, 0.05) is 19.1 Å². The van der Waals surface area contributed by atoms with Crippen LogP contribution in [0.15, 0.2) is 18.2 Å². The van der Waals surface area contributed by atoms with E-state index in [2.05, 4.69) is 37.4 Å². The third-order valence-electron chi connectivity index (χ3n) is 4.14. The molecule has 1 heterocycles. The van der Waals surface area contributed by atoms with E-state index in [-0.39, 0.29) is 12.1 Å². The molecule has 2 rings (SSSR count). The zero-order chi connectivity index (χ0) is 15.2. The molecule has 0 aromatic heterocycles. The number of fused-ring (bicyclic) bond motifs is 1. The van der Waals surface area contributed by atoms with Crippen molar-refractivity contribution in [3.63, 3.8) is 0 Å². The number of amides is 1. The van der Waals surface area contributed by atoms with Gasteiger partial charge < -0.3 is 15.0 Å². The van der Waals surface area contributed by atoms with Crippen LogP contribution in [0, 0.1) is 0 Å². The lowest BCUT2D eigenvalue weighted by molar-refractivity contribution is 0.0950. The van der Waals surface area contributed by atoms with Crippen molar-refractivity contribution < 1.29 is 9.53 Å². The molecule has 1 amide bonds. The summed E-state index contributed by atoms with van der Waals surface area (Å²) in [6.45, 7) is 6.91. The Labute approximate surface area is 127 Å². The predicted molar refractivity (Wildman–Crippen MR) is 84.2 cm³/mol. The fourth-order valence-corrected chi connectivity index (χ4v) is 2.92. The standard InChI is InChI=1S/C17H26N2O2/c1-4-8-18-11-13-6-7-14-12-19(17(20)21-3)16(5-2)10-15(14)9-13/h6-7,9,16,18H,4-5,8,10-12H2,1-3H3. The molecule has 0 fully saturated rings. The SMILES string of the molecule is CCCNCc1ccc2c(c1)CC(CC)N(C(=O)OC)C2. The van der Waals surface area contributed by atoms with E-state index in [1.165, 1.54) is 23.8 Å². The Balaban J connectivity index is 2.13. The highest BCUT2D eigenvalue weighted by Gasteiger charge is 2.29. The minimum absolute atomic E-state index is 0.221. The van der Waals surface area contributed by atoms with E-state index in [0.717, 1.165) is 32.4 Å². The smallest absolute Gasteiger partial charge is 0.410 e. The van der Waals surface area contributed by atoms with Crippen LogP contribution in [0.3, 0.4) is 0 Å². The van der Waals surface area contributed by atoms with Crippen molar-refractivity contribution in [2.45, 2.75) is 52.2 Å². The van der Waals surface area contributed by atoms with Crippen molar-refractivity contribution in [1.82, 2.24) is 10.2 Å². The maximum atomic E-state index is 11.9. The van der Waals surface area contributed by atoms with Crippen LogP contribution < -0.4 is 5.32 Å². The Morgan fingerprint density at radius 2 is 2.19 bits per heavy atom. The van der Waals surface area contributed by atoms with Gasteiger partial charge >= 0.3 is 6.09 Å². The number of carbonyl (C=O) groups excluding carboxylic acids is 1. The highest BCUT2D eigenvalue weighted by molar-refractivity contribution is 5.68. The lowest BCUT2D eigenvalue weighted by atomic mass is 9.91. The molecule has 1 aliphatic rings. The molecule has 0 bridgehead atoms. The van der Waals surface area contributed by atoms with Crippen LogP contribution in [0.4, 0.5) is 4.79 Å². The fourth-order valence-electron chi connectivity index (χ4n) is 2.92. The largest absolute Gasteiger partial charge is 0.453 e. The summed E-state index contributed by atoms with van der Waals surface area (Å²) in [5.74, 6) is 0. The van der Waals surface area contributed by atoms with Crippen LogP contribution >= 0.6 is 0 Å². The number of nitrogens with zero attached hydrogens (tertiary/aromatic N) is 1. The maximum absolute atomic E-state index is 11.9. The quantitative estimate of drug-likeness (QED) is 0.847. The number of rotatable bonds is 5. The average molecular weight is 290 g/mol. The lowest BCUT2D eigenvalue weighted by Crippen LogP contribution is -2.43. The monoisotopic (exact) mass is 290 g/mol. The molecule has 0 radical (unpaired) electrons. The van der Waals surface area contributed by atoms with Crippen molar-refractivity contribution in [2.24, 2.45) is 0 Å². The Hall–Kier alpha value is -1.55. The average Bonchev–Trinajstić information content (AvgIpc) is 2.53. The molecule has 0 aliphatic carbocycles. The van der Waals surface area contributed by atoms with Crippen LogP contribution in [0.5, 0.6) is 0 Å². The Kier molecular flexibility index (Phi) is 5.62. The summed E-state index contributed by atoms with van der Waals surface area (Å²) < 4.78 is 4.90. The zero-order valence-corrected chi connectivity index (χ0v) is 13.3. The Morgan fingerprint density at radius 1 is 1.38 bits per heavy atom. The van der Waals surface area contributed by atoms with Crippen molar-refractivity contribution in [2.75, 3.05) is 13.7 Å². The van der Waals surface area contributed by atoms with Gasteiger partial charge in [0.15, 0.2) is 0 Å². The molecular weight excluding hydrogens is 264 g/mol. The Morgan fingerprint density at radius 3 is 2.86 bits per heavy atom. The van der Waals surface area contributed by atoms with Crippen LogP contribution in [0.2, 0.25) is 0 Å². The lowest BCUT2D eigenvalue weighted by Gasteiger charge is -2.35. The molecule has 116 valence electrons. The summed E-state index contributed by atoms with van der Waals surface area (Å²) in [6.07, 6.45) is 2.80. The second-order valence-electron chi connectivity index (χ2n) is 5.64.